The molecule has 2 aromatic rings. The number of amides is 1. The van der Waals surface area contributed by atoms with Crippen LogP contribution in [0.2, 0.25) is 0 Å². The number of likely N-dealkylation sites (N-methyl/N-ethyl adjacent to an activating group) is 1. The van der Waals surface area contributed by atoms with Crippen LogP contribution in [0, 0.1) is 0 Å². The predicted octanol–water partition coefficient (Wildman–Crippen LogP) is -1.78. The monoisotopic (exact) mass is 376 g/mol. The Kier molecular flexibility index (Phi) is 9.96. The maximum absolute atomic E-state index is 12.8. The summed E-state index contributed by atoms with van der Waals surface area (Å²) in [6.07, 6.45) is -0.536. The van der Waals surface area contributed by atoms with Gasteiger partial charge in [0, 0.05) is 6.54 Å². The topological polar surface area (TPSA) is 53.8 Å². The summed E-state index contributed by atoms with van der Waals surface area (Å²) >= 11 is 0. The number of halogens is 1. The third kappa shape index (κ3) is 6.45. The summed E-state index contributed by atoms with van der Waals surface area (Å²) in [6, 6.07) is 19.5. The molecule has 1 amide bonds. The number of hydrogen-bond acceptors (Lipinski definition) is 2. The van der Waals surface area contributed by atoms with Gasteiger partial charge in [-0.2, -0.15) is 0 Å². The summed E-state index contributed by atoms with van der Waals surface area (Å²) in [6.45, 7) is 7.07. The number of rotatable bonds is 9. The second kappa shape index (κ2) is 11.7. The van der Waals surface area contributed by atoms with E-state index in [1.807, 2.05) is 60.7 Å². The first-order valence-electron chi connectivity index (χ1n) is 9.04. The highest BCUT2D eigenvalue weighted by atomic mass is 35.5. The molecular formula is C21H29ClN2O2. The van der Waals surface area contributed by atoms with E-state index < -0.39 is 6.10 Å². The summed E-state index contributed by atoms with van der Waals surface area (Å²) in [5, 5.41) is 13.1. The van der Waals surface area contributed by atoms with Crippen LogP contribution in [-0.2, 0) is 4.79 Å². The summed E-state index contributed by atoms with van der Waals surface area (Å²) < 4.78 is 0. The molecule has 0 heterocycles. The maximum Gasteiger partial charge on any atom is 0.232 e. The van der Waals surface area contributed by atoms with E-state index in [9.17, 15) is 9.90 Å². The molecule has 26 heavy (non-hydrogen) atoms. The Labute approximate surface area is 162 Å². The zero-order valence-electron chi connectivity index (χ0n) is 15.5. The summed E-state index contributed by atoms with van der Waals surface area (Å²) in [5.41, 5.74) is 1.91. The van der Waals surface area contributed by atoms with Gasteiger partial charge in [-0.25, -0.2) is 0 Å². The van der Waals surface area contributed by atoms with E-state index in [1.165, 1.54) is 4.90 Å². The first-order chi connectivity index (χ1) is 12.2. The zero-order valence-corrected chi connectivity index (χ0v) is 16.2. The van der Waals surface area contributed by atoms with Crippen molar-refractivity contribution < 1.29 is 27.2 Å². The second-order valence-electron chi connectivity index (χ2n) is 6.31. The lowest BCUT2D eigenvalue weighted by Crippen LogP contribution is -3.12. The van der Waals surface area contributed by atoms with Crippen molar-refractivity contribution >= 4 is 5.91 Å². The molecule has 0 saturated carbocycles. The number of carbonyl (C=O) groups is 1. The predicted molar refractivity (Wildman–Crippen MR) is 101 cm³/mol. The lowest BCUT2D eigenvalue weighted by Gasteiger charge is -2.21. The van der Waals surface area contributed by atoms with Gasteiger partial charge in [-0.1, -0.05) is 60.7 Å². The molecule has 142 valence electrons. The van der Waals surface area contributed by atoms with Gasteiger partial charge in [0.1, 0.15) is 12.6 Å². The number of aliphatic hydroxyl groups is 1. The average molecular weight is 377 g/mol. The highest BCUT2D eigenvalue weighted by molar-refractivity contribution is 5.87. The first-order valence-corrected chi connectivity index (χ1v) is 9.04. The molecule has 0 aromatic heterocycles. The molecule has 0 saturated heterocycles. The summed E-state index contributed by atoms with van der Waals surface area (Å²) in [7, 11) is 0. The molecule has 0 aliphatic heterocycles. The number of aliphatic hydroxyl groups excluding tert-OH is 1. The van der Waals surface area contributed by atoms with Crippen LogP contribution in [0.4, 0.5) is 0 Å². The van der Waals surface area contributed by atoms with E-state index in [-0.39, 0.29) is 30.8 Å². The minimum atomic E-state index is -0.536. The number of nitrogens with one attached hydrogen (secondary N) is 2. The van der Waals surface area contributed by atoms with Crippen LogP contribution in [0.15, 0.2) is 60.7 Å². The van der Waals surface area contributed by atoms with E-state index in [0.717, 1.165) is 24.2 Å². The summed E-state index contributed by atoms with van der Waals surface area (Å²) in [5.74, 6) is -0.443. The fourth-order valence-electron chi connectivity index (χ4n) is 3.05. The van der Waals surface area contributed by atoms with Crippen molar-refractivity contribution in [3.05, 3.63) is 71.8 Å². The summed E-state index contributed by atoms with van der Waals surface area (Å²) in [4.78, 5) is 14.2. The van der Waals surface area contributed by atoms with Gasteiger partial charge in [-0.15, -0.1) is 0 Å². The smallest absolute Gasteiger partial charge is 0.232 e. The molecule has 1 unspecified atom stereocenters. The fourth-order valence-corrected chi connectivity index (χ4v) is 3.05. The average Bonchev–Trinajstić information content (AvgIpc) is 2.66. The van der Waals surface area contributed by atoms with E-state index in [4.69, 9.17) is 0 Å². The third-order valence-corrected chi connectivity index (χ3v) is 4.56. The minimum absolute atomic E-state index is 0. The van der Waals surface area contributed by atoms with Crippen LogP contribution in [0.3, 0.4) is 0 Å². The number of quaternary nitrogens is 1. The van der Waals surface area contributed by atoms with E-state index in [2.05, 4.69) is 19.2 Å². The number of carbonyl (C=O) groups excluding carboxylic acids is 1. The van der Waals surface area contributed by atoms with Crippen LogP contribution >= 0.6 is 0 Å². The van der Waals surface area contributed by atoms with Crippen LogP contribution in [0.1, 0.15) is 30.9 Å². The van der Waals surface area contributed by atoms with Crippen molar-refractivity contribution in [3.63, 3.8) is 0 Å². The molecule has 2 aromatic carbocycles. The van der Waals surface area contributed by atoms with Crippen molar-refractivity contribution in [2.24, 2.45) is 0 Å². The molecule has 3 N–H and O–H groups in total. The molecular weight excluding hydrogens is 348 g/mol. The maximum atomic E-state index is 12.8. The van der Waals surface area contributed by atoms with Crippen LogP contribution in [0.5, 0.6) is 0 Å². The van der Waals surface area contributed by atoms with Gasteiger partial charge in [0.25, 0.3) is 0 Å². The van der Waals surface area contributed by atoms with Gasteiger partial charge in [0.05, 0.1) is 19.0 Å². The highest BCUT2D eigenvalue weighted by Gasteiger charge is 2.23. The van der Waals surface area contributed by atoms with Gasteiger partial charge >= 0.3 is 0 Å². The molecule has 0 radical (unpaired) electrons. The molecule has 0 spiro atoms. The normalized spacial score (nSPS) is 11.9. The quantitative estimate of drug-likeness (QED) is 0.485. The van der Waals surface area contributed by atoms with Crippen molar-refractivity contribution in [2.45, 2.75) is 25.9 Å². The molecule has 0 bridgehead atoms. The first kappa shape index (κ1) is 22.2. The fraction of sp³-hybridized carbons (Fsp3) is 0.381. The largest absolute Gasteiger partial charge is 1.00 e. The van der Waals surface area contributed by atoms with Crippen LogP contribution in [-0.4, -0.2) is 43.3 Å². The Morgan fingerprint density at radius 2 is 1.42 bits per heavy atom. The van der Waals surface area contributed by atoms with Crippen LogP contribution in [0.25, 0.3) is 0 Å². The molecule has 2 rings (SSSR count). The Morgan fingerprint density at radius 1 is 0.962 bits per heavy atom. The molecule has 1 atom stereocenters. The molecule has 5 heteroatoms. The van der Waals surface area contributed by atoms with E-state index in [0.29, 0.717) is 6.54 Å². The van der Waals surface area contributed by atoms with Gasteiger partial charge in [-0.3, -0.25) is 4.79 Å². The SMILES string of the molecule is CC[NH+](CC)CC(O)CNC(=O)C(c1ccccc1)c1ccccc1.[Cl-]. The van der Waals surface area contributed by atoms with Gasteiger partial charge in [-0.05, 0) is 25.0 Å². The number of hydrogen-bond donors (Lipinski definition) is 3. The Balaban J connectivity index is 0.00000338. The third-order valence-electron chi connectivity index (χ3n) is 4.56. The van der Waals surface area contributed by atoms with Gasteiger partial charge < -0.3 is 27.7 Å². The van der Waals surface area contributed by atoms with Crippen LogP contribution < -0.4 is 22.6 Å². The molecule has 4 nitrogen and oxygen atoms in total. The van der Waals surface area contributed by atoms with Crippen molar-refractivity contribution in [3.8, 4) is 0 Å². The lowest BCUT2D eigenvalue weighted by molar-refractivity contribution is -0.899. The standard InChI is InChI=1S/C21H28N2O2.ClH/c1-3-23(4-2)16-19(24)15-22-21(25)20(17-11-7-5-8-12-17)18-13-9-6-10-14-18;/h5-14,19-20,24H,3-4,15-16H2,1-2H3,(H,22,25);1H. The number of benzene rings is 2. The van der Waals surface area contributed by atoms with Gasteiger partial charge in [0.15, 0.2) is 0 Å². The zero-order chi connectivity index (χ0) is 18.1. The Morgan fingerprint density at radius 3 is 1.85 bits per heavy atom. The minimum Gasteiger partial charge on any atom is -1.00 e. The van der Waals surface area contributed by atoms with Gasteiger partial charge in [0.2, 0.25) is 5.91 Å². The van der Waals surface area contributed by atoms with E-state index >= 15 is 0 Å². The van der Waals surface area contributed by atoms with Crippen molar-refractivity contribution in [2.75, 3.05) is 26.2 Å². The van der Waals surface area contributed by atoms with Crippen molar-refractivity contribution in [1.82, 2.24) is 5.32 Å². The second-order valence-corrected chi connectivity index (χ2v) is 6.31. The highest BCUT2D eigenvalue weighted by Crippen LogP contribution is 2.24. The molecule has 0 aliphatic carbocycles. The van der Waals surface area contributed by atoms with E-state index in [1.54, 1.807) is 0 Å². The Bertz CT molecular complexity index is 593. The lowest BCUT2D eigenvalue weighted by atomic mass is 9.90. The molecule has 0 aliphatic rings. The molecule has 0 fully saturated rings. The van der Waals surface area contributed by atoms with Crippen molar-refractivity contribution in [1.29, 1.82) is 0 Å². The Hall–Kier alpha value is -1.88.